The first-order chi connectivity index (χ1) is 14.1. The molecule has 2 aromatic carbocycles. The number of unbranched alkanes of at least 4 members (excludes halogenated alkanes) is 2. The van der Waals surface area contributed by atoms with Crippen LogP contribution in [-0.2, 0) is 6.42 Å². The van der Waals surface area contributed by atoms with Gasteiger partial charge in [0.05, 0.1) is 5.56 Å². The van der Waals surface area contributed by atoms with Crippen molar-refractivity contribution in [3.8, 4) is 11.8 Å². The second kappa shape index (κ2) is 10.6. The summed E-state index contributed by atoms with van der Waals surface area (Å²) in [6.45, 7) is 4.32. The van der Waals surface area contributed by atoms with Crippen molar-refractivity contribution in [3.05, 3.63) is 70.3 Å². The highest BCUT2D eigenvalue weighted by Crippen LogP contribution is 2.38. The monoisotopic (exact) mass is 394 g/mol. The molecule has 3 rings (SSSR count). The average molecular weight is 395 g/mol. The second-order valence-corrected chi connectivity index (χ2v) is 8.37. The Kier molecular flexibility index (Phi) is 7.87. The quantitative estimate of drug-likeness (QED) is 0.346. The lowest BCUT2D eigenvalue weighted by molar-refractivity contribution is 0.302. The zero-order valence-corrected chi connectivity index (χ0v) is 17.7. The number of halogens is 2. The standard InChI is InChI=1S/C27H32F2/c1-3-5-6-7-21-12-15-23(16-13-21)24-18-26(28)25(27(29)19-24)17-14-22-10-8-20(4-2)9-11-22/h8-11,18-19,21,23H,3-7,12-13,15-16H2,1-2H3. The minimum Gasteiger partial charge on any atom is -0.206 e. The van der Waals surface area contributed by atoms with Gasteiger partial charge in [0.1, 0.15) is 11.6 Å². The molecule has 1 saturated carbocycles. The molecule has 0 nitrogen and oxygen atoms in total. The zero-order valence-electron chi connectivity index (χ0n) is 17.7. The van der Waals surface area contributed by atoms with Crippen molar-refractivity contribution in [3.63, 3.8) is 0 Å². The van der Waals surface area contributed by atoms with Gasteiger partial charge in [-0.05, 0) is 79.3 Å². The van der Waals surface area contributed by atoms with E-state index in [-0.39, 0.29) is 11.5 Å². The molecular weight excluding hydrogens is 362 g/mol. The first kappa shape index (κ1) is 21.6. The summed E-state index contributed by atoms with van der Waals surface area (Å²) in [7, 11) is 0. The topological polar surface area (TPSA) is 0 Å². The van der Waals surface area contributed by atoms with E-state index in [1.807, 2.05) is 24.3 Å². The van der Waals surface area contributed by atoms with Crippen LogP contribution >= 0.6 is 0 Å². The van der Waals surface area contributed by atoms with Crippen molar-refractivity contribution in [2.24, 2.45) is 5.92 Å². The van der Waals surface area contributed by atoms with E-state index in [0.717, 1.165) is 36.3 Å². The second-order valence-electron chi connectivity index (χ2n) is 8.37. The highest BCUT2D eigenvalue weighted by molar-refractivity contribution is 5.46. The molecule has 0 aliphatic heterocycles. The molecule has 0 bridgehead atoms. The number of benzene rings is 2. The molecule has 2 aromatic rings. The van der Waals surface area contributed by atoms with Crippen LogP contribution in [0, 0.1) is 29.4 Å². The van der Waals surface area contributed by atoms with Crippen LogP contribution in [0.3, 0.4) is 0 Å². The van der Waals surface area contributed by atoms with Crippen molar-refractivity contribution in [1.29, 1.82) is 0 Å². The van der Waals surface area contributed by atoms with Crippen molar-refractivity contribution >= 4 is 0 Å². The van der Waals surface area contributed by atoms with E-state index in [4.69, 9.17) is 0 Å². The van der Waals surface area contributed by atoms with Crippen LogP contribution in [0.25, 0.3) is 0 Å². The maximum atomic E-state index is 14.6. The molecule has 0 spiro atoms. The van der Waals surface area contributed by atoms with Crippen LogP contribution < -0.4 is 0 Å². The highest BCUT2D eigenvalue weighted by Gasteiger charge is 2.23. The molecule has 0 unspecified atom stereocenters. The molecule has 0 amide bonds. The first-order valence-electron chi connectivity index (χ1n) is 11.2. The Balaban J connectivity index is 1.66. The van der Waals surface area contributed by atoms with Crippen LogP contribution in [0.15, 0.2) is 36.4 Å². The van der Waals surface area contributed by atoms with E-state index in [1.165, 1.54) is 56.2 Å². The van der Waals surface area contributed by atoms with Crippen molar-refractivity contribution in [2.45, 2.75) is 77.6 Å². The maximum Gasteiger partial charge on any atom is 0.142 e. The van der Waals surface area contributed by atoms with E-state index in [9.17, 15) is 8.78 Å². The van der Waals surface area contributed by atoms with Crippen LogP contribution in [0.2, 0.25) is 0 Å². The summed E-state index contributed by atoms with van der Waals surface area (Å²) in [6.07, 6.45) is 10.5. The zero-order chi connectivity index (χ0) is 20.6. The summed E-state index contributed by atoms with van der Waals surface area (Å²) in [5.41, 5.74) is 2.66. The first-order valence-corrected chi connectivity index (χ1v) is 11.2. The number of hydrogen-bond acceptors (Lipinski definition) is 0. The molecule has 154 valence electrons. The average Bonchev–Trinajstić information content (AvgIpc) is 2.74. The summed E-state index contributed by atoms with van der Waals surface area (Å²) in [5.74, 6) is 5.57. The molecule has 1 aliphatic carbocycles. The third kappa shape index (κ3) is 5.92. The lowest BCUT2D eigenvalue weighted by atomic mass is 9.77. The molecule has 1 fully saturated rings. The predicted molar refractivity (Wildman–Crippen MR) is 117 cm³/mol. The van der Waals surface area contributed by atoms with Gasteiger partial charge in [-0.3, -0.25) is 0 Å². The Labute approximate surface area is 174 Å². The van der Waals surface area contributed by atoms with E-state index >= 15 is 0 Å². The largest absolute Gasteiger partial charge is 0.206 e. The van der Waals surface area contributed by atoms with Gasteiger partial charge < -0.3 is 0 Å². The van der Waals surface area contributed by atoms with Gasteiger partial charge in [-0.2, -0.15) is 0 Å². The van der Waals surface area contributed by atoms with Gasteiger partial charge in [-0.1, -0.05) is 63.5 Å². The number of rotatable bonds is 6. The third-order valence-electron chi connectivity index (χ3n) is 6.29. The van der Waals surface area contributed by atoms with Gasteiger partial charge in [0.25, 0.3) is 0 Å². The van der Waals surface area contributed by atoms with E-state index in [1.54, 1.807) is 0 Å². The molecule has 0 saturated heterocycles. The molecule has 29 heavy (non-hydrogen) atoms. The highest BCUT2D eigenvalue weighted by atomic mass is 19.1. The van der Waals surface area contributed by atoms with Gasteiger partial charge in [0.15, 0.2) is 0 Å². The molecule has 0 N–H and O–H groups in total. The van der Waals surface area contributed by atoms with Gasteiger partial charge in [-0.25, -0.2) is 8.78 Å². The Morgan fingerprint density at radius 2 is 1.52 bits per heavy atom. The van der Waals surface area contributed by atoms with Crippen LogP contribution in [0.4, 0.5) is 8.78 Å². The Bertz CT molecular complexity index is 823. The fraction of sp³-hybridized carbons (Fsp3) is 0.481. The molecule has 0 heterocycles. The lowest BCUT2D eigenvalue weighted by Gasteiger charge is -2.29. The van der Waals surface area contributed by atoms with Gasteiger partial charge in [0.2, 0.25) is 0 Å². The molecule has 0 atom stereocenters. The number of hydrogen-bond donors (Lipinski definition) is 0. The van der Waals surface area contributed by atoms with Crippen molar-refractivity contribution < 1.29 is 8.78 Å². The molecule has 2 heteroatoms. The van der Waals surface area contributed by atoms with E-state index in [2.05, 4.69) is 25.7 Å². The summed E-state index contributed by atoms with van der Waals surface area (Å²) in [6, 6.07) is 10.8. The number of aryl methyl sites for hydroxylation is 1. The smallest absolute Gasteiger partial charge is 0.142 e. The maximum absolute atomic E-state index is 14.6. The minimum atomic E-state index is -0.539. The Morgan fingerprint density at radius 1 is 0.862 bits per heavy atom. The fourth-order valence-electron chi connectivity index (χ4n) is 4.37. The van der Waals surface area contributed by atoms with Crippen LogP contribution in [-0.4, -0.2) is 0 Å². The van der Waals surface area contributed by atoms with Gasteiger partial charge in [0, 0.05) is 5.56 Å². The molecular formula is C27H32F2. The van der Waals surface area contributed by atoms with E-state index in [0.29, 0.717) is 0 Å². The SMILES string of the molecule is CCCCCC1CCC(c2cc(F)c(C#Cc3ccc(CC)cc3)c(F)c2)CC1. The van der Waals surface area contributed by atoms with Crippen LogP contribution in [0.5, 0.6) is 0 Å². The summed E-state index contributed by atoms with van der Waals surface area (Å²) >= 11 is 0. The Hall–Kier alpha value is -2.14. The van der Waals surface area contributed by atoms with Gasteiger partial charge in [-0.15, -0.1) is 0 Å². The lowest BCUT2D eigenvalue weighted by Crippen LogP contribution is -2.14. The Morgan fingerprint density at radius 3 is 2.10 bits per heavy atom. The summed E-state index contributed by atoms with van der Waals surface area (Å²) < 4.78 is 29.3. The molecule has 0 aromatic heterocycles. The van der Waals surface area contributed by atoms with Crippen molar-refractivity contribution in [2.75, 3.05) is 0 Å². The molecule has 0 radical (unpaired) electrons. The summed E-state index contributed by atoms with van der Waals surface area (Å²) in [5, 5.41) is 0. The van der Waals surface area contributed by atoms with E-state index < -0.39 is 11.6 Å². The van der Waals surface area contributed by atoms with Crippen LogP contribution in [0.1, 0.15) is 93.4 Å². The van der Waals surface area contributed by atoms with Gasteiger partial charge >= 0.3 is 0 Å². The van der Waals surface area contributed by atoms with Crippen molar-refractivity contribution in [1.82, 2.24) is 0 Å². The molecule has 1 aliphatic rings. The normalized spacial score (nSPS) is 18.9. The fourth-order valence-corrected chi connectivity index (χ4v) is 4.37. The third-order valence-corrected chi connectivity index (χ3v) is 6.29. The predicted octanol–water partition coefficient (Wildman–Crippen LogP) is 7.78. The summed E-state index contributed by atoms with van der Waals surface area (Å²) in [4.78, 5) is 0. The minimum absolute atomic E-state index is 0.124.